The number of anilines is 1. The summed E-state index contributed by atoms with van der Waals surface area (Å²) in [5, 5.41) is 7.67. The van der Waals surface area contributed by atoms with E-state index < -0.39 is 11.8 Å². The van der Waals surface area contributed by atoms with Crippen LogP contribution in [0.15, 0.2) is 72.1 Å². The van der Waals surface area contributed by atoms with Crippen LogP contribution in [0.5, 0.6) is 0 Å². The van der Waals surface area contributed by atoms with Crippen LogP contribution in [0.4, 0.5) is 5.69 Å². The second-order valence-corrected chi connectivity index (χ2v) is 8.40. The van der Waals surface area contributed by atoms with Gasteiger partial charge in [0.05, 0.1) is 12.1 Å². The van der Waals surface area contributed by atoms with Crippen molar-refractivity contribution in [2.75, 3.05) is 18.0 Å². The second kappa shape index (κ2) is 9.13. The molecule has 2 amide bonds. The van der Waals surface area contributed by atoms with Crippen LogP contribution in [0.25, 0.3) is 0 Å². The second-order valence-electron chi connectivity index (χ2n) is 7.42. The molecule has 2 aromatic carbocycles. The van der Waals surface area contributed by atoms with Crippen molar-refractivity contribution in [2.45, 2.75) is 25.4 Å². The first-order valence-corrected chi connectivity index (χ1v) is 11.0. The molecule has 154 valence electrons. The zero-order valence-corrected chi connectivity index (χ0v) is 17.7. The van der Waals surface area contributed by atoms with Crippen molar-refractivity contribution < 1.29 is 9.59 Å². The van der Waals surface area contributed by atoms with Gasteiger partial charge in [0.2, 0.25) is 0 Å². The third kappa shape index (κ3) is 4.39. The zero-order chi connectivity index (χ0) is 20.9. The van der Waals surface area contributed by atoms with E-state index >= 15 is 0 Å². The van der Waals surface area contributed by atoms with E-state index in [9.17, 15) is 9.59 Å². The fourth-order valence-corrected chi connectivity index (χ4v) is 4.73. The number of carbonyl (C=O) groups excluding carboxylic acids is 2. The maximum Gasteiger partial charge on any atom is 0.309 e. The molecule has 1 aliphatic heterocycles. The molecule has 2 atom stereocenters. The Balaban J connectivity index is 1.42. The SMILES string of the molecule is C[C@H](NC(=O)C(=O)NC[C@@H](c1cccs1)N1CCc2ccccc21)c1ccccc1. The first-order valence-electron chi connectivity index (χ1n) is 10.1. The van der Waals surface area contributed by atoms with Crippen molar-refractivity contribution in [3.8, 4) is 0 Å². The number of nitrogens with one attached hydrogen (secondary N) is 2. The van der Waals surface area contributed by atoms with E-state index in [1.165, 1.54) is 16.1 Å². The molecule has 0 bridgehead atoms. The van der Waals surface area contributed by atoms with Gasteiger partial charge in [-0.2, -0.15) is 0 Å². The Hall–Kier alpha value is -3.12. The van der Waals surface area contributed by atoms with Crippen LogP contribution in [-0.2, 0) is 16.0 Å². The lowest BCUT2D eigenvalue weighted by Gasteiger charge is -2.30. The molecule has 30 heavy (non-hydrogen) atoms. The quantitative estimate of drug-likeness (QED) is 0.597. The Labute approximate surface area is 180 Å². The van der Waals surface area contributed by atoms with Gasteiger partial charge in [-0.25, -0.2) is 0 Å². The van der Waals surface area contributed by atoms with Gasteiger partial charge in [0.15, 0.2) is 0 Å². The molecule has 2 N–H and O–H groups in total. The summed E-state index contributed by atoms with van der Waals surface area (Å²) in [6.07, 6.45) is 0.987. The van der Waals surface area contributed by atoms with Gasteiger partial charge in [-0.15, -0.1) is 11.3 Å². The molecule has 0 aliphatic carbocycles. The van der Waals surface area contributed by atoms with Crippen molar-refractivity contribution in [2.24, 2.45) is 0 Å². The number of hydrogen-bond acceptors (Lipinski definition) is 4. The molecule has 2 heterocycles. The number of thiophene rings is 1. The fourth-order valence-electron chi connectivity index (χ4n) is 3.89. The molecule has 0 unspecified atom stereocenters. The summed E-state index contributed by atoms with van der Waals surface area (Å²) < 4.78 is 0. The highest BCUT2D eigenvalue weighted by atomic mass is 32.1. The standard InChI is InChI=1S/C24H25N3O2S/c1-17(18-8-3-2-4-9-18)26-24(29)23(28)25-16-21(22-12-7-15-30-22)27-14-13-19-10-5-6-11-20(19)27/h2-12,15,17,21H,13-14,16H2,1H3,(H,25,28)(H,26,29)/t17-,21-/m0/s1. The van der Waals surface area contributed by atoms with Crippen LogP contribution >= 0.6 is 11.3 Å². The smallest absolute Gasteiger partial charge is 0.309 e. The third-order valence-electron chi connectivity index (χ3n) is 5.48. The summed E-state index contributed by atoms with van der Waals surface area (Å²) in [7, 11) is 0. The molecule has 4 rings (SSSR count). The average molecular weight is 420 g/mol. The van der Waals surface area contributed by atoms with Crippen LogP contribution in [0.3, 0.4) is 0 Å². The molecule has 6 heteroatoms. The minimum Gasteiger partial charge on any atom is -0.361 e. The largest absolute Gasteiger partial charge is 0.361 e. The lowest BCUT2D eigenvalue weighted by Crippen LogP contribution is -2.44. The van der Waals surface area contributed by atoms with Crippen molar-refractivity contribution in [1.82, 2.24) is 10.6 Å². The van der Waals surface area contributed by atoms with Gasteiger partial charge in [-0.05, 0) is 42.0 Å². The van der Waals surface area contributed by atoms with Gasteiger partial charge < -0.3 is 15.5 Å². The minimum absolute atomic E-state index is 0.00283. The molecular weight excluding hydrogens is 394 g/mol. The molecule has 1 aromatic heterocycles. The molecule has 1 aliphatic rings. The van der Waals surface area contributed by atoms with Crippen molar-refractivity contribution >= 4 is 28.8 Å². The van der Waals surface area contributed by atoms with E-state index in [2.05, 4.69) is 39.8 Å². The van der Waals surface area contributed by atoms with Gasteiger partial charge in [-0.1, -0.05) is 54.6 Å². The summed E-state index contributed by atoms with van der Waals surface area (Å²) in [5.41, 5.74) is 3.48. The summed E-state index contributed by atoms with van der Waals surface area (Å²) in [5.74, 6) is -1.22. The summed E-state index contributed by atoms with van der Waals surface area (Å²) >= 11 is 1.67. The minimum atomic E-state index is -0.613. The number of benzene rings is 2. The number of amides is 2. The molecule has 0 spiro atoms. The van der Waals surface area contributed by atoms with Crippen LogP contribution in [0, 0.1) is 0 Å². The molecule has 0 saturated heterocycles. The van der Waals surface area contributed by atoms with Crippen LogP contribution < -0.4 is 15.5 Å². The van der Waals surface area contributed by atoms with E-state index in [0.717, 1.165) is 18.5 Å². The lowest BCUT2D eigenvalue weighted by molar-refractivity contribution is -0.139. The molecule has 0 fully saturated rings. The predicted octanol–water partition coefficient (Wildman–Crippen LogP) is 3.85. The van der Waals surface area contributed by atoms with E-state index in [0.29, 0.717) is 6.54 Å². The molecule has 0 saturated carbocycles. The maximum absolute atomic E-state index is 12.5. The molecule has 5 nitrogen and oxygen atoms in total. The zero-order valence-electron chi connectivity index (χ0n) is 16.9. The van der Waals surface area contributed by atoms with E-state index in [1.54, 1.807) is 11.3 Å². The fraction of sp³-hybridized carbons (Fsp3) is 0.250. The number of para-hydroxylation sites is 1. The Morgan fingerprint density at radius 2 is 1.77 bits per heavy atom. The lowest BCUT2D eigenvalue weighted by atomic mass is 10.1. The van der Waals surface area contributed by atoms with Gasteiger partial charge >= 0.3 is 11.8 Å². The average Bonchev–Trinajstić information content (AvgIpc) is 3.45. The van der Waals surface area contributed by atoms with Crippen molar-refractivity contribution in [3.05, 3.63) is 88.1 Å². The number of nitrogens with zero attached hydrogens (tertiary/aromatic N) is 1. The van der Waals surface area contributed by atoms with Gasteiger partial charge in [0, 0.05) is 23.7 Å². The van der Waals surface area contributed by atoms with Gasteiger partial charge in [0.25, 0.3) is 0 Å². The van der Waals surface area contributed by atoms with E-state index in [1.807, 2.05) is 54.8 Å². The Kier molecular flexibility index (Phi) is 6.14. The Bertz CT molecular complexity index is 1000. The highest BCUT2D eigenvalue weighted by molar-refractivity contribution is 7.10. The topological polar surface area (TPSA) is 61.4 Å². The third-order valence-corrected chi connectivity index (χ3v) is 6.45. The number of carbonyl (C=O) groups is 2. The van der Waals surface area contributed by atoms with E-state index in [4.69, 9.17) is 0 Å². The maximum atomic E-state index is 12.5. The van der Waals surface area contributed by atoms with Crippen LogP contribution in [0.1, 0.15) is 35.0 Å². The van der Waals surface area contributed by atoms with Gasteiger partial charge in [0.1, 0.15) is 0 Å². The number of hydrogen-bond donors (Lipinski definition) is 2. The van der Waals surface area contributed by atoms with Crippen molar-refractivity contribution in [3.63, 3.8) is 0 Å². The highest BCUT2D eigenvalue weighted by Crippen LogP contribution is 2.36. The summed E-state index contributed by atoms with van der Waals surface area (Å²) in [4.78, 5) is 28.4. The van der Waals surface area contributed by atoms with Crippen LogP contribution in [0.2, 0.25) is 0 Å². The predicted molar refractivity (Wildman–Crippen MR) is 121 cm³/mol. The summed E-state index contributed by atoms with van der Waals surface area (Å²) in [6, 6.07) is 21.9. The number of rotatable bonds is 6. The molecular formula is C24H25N3O2S. The number of fused-ring (bicyclic) bond motifs is 1. The first-order chi connectivity index (χ1) is 14.6. The van der Waals surface area contributed by atoms with Crippen molar-refractivity contribution in [1.29, 1.82) is 0 Å². The Morgan fingerprint density at radius 3 is 2.53 bits per heavy atom. The monoisotopic (exact) mass is 419 g/mol. The van der Waals surface area contributed by atoms with Gasteiger partial charge in [-0.3, -0.25) is 9.59 Å². The van der Waals surface area contributed by atoms with Crippen LogP contribution in [-0.4, -0.2) is 24.9 Å². The highest BCUT2D eigenvalue weighted by Gasteiger charge is 2.28. The molecule has 3 aromatic rings. The van der Waals surface area contributed by atoms with E-state index in [-0.39, 0.29) is 12.1 Å². The summed E-state index contributed by atoms with van der Waals surface area (Å²) in [6.45, 7) is 3.14. The normalized spacial score (nSPS) is 14.6. The first kappa shape index (κ1) is 20.2. The molecule has 0 radical (unpaired) electrons. The Morgan fingerprint density at radius 1 is 1.00 bits per heavy atom.